The molecule has 0 radical (unpaired) electrons. The molecule has 0 bridgehead atoms. The molecule has 168 valence electrons. The molecule has 8 heteroatoms. The highest BCUT2D eigenvalue weighted by Gasteiger charge is 2.37. The summed E-state index contributed by atoms with van der Waals surface area (Å²) >= 11 is 2.25. The van der Waals surface area contributed by atoms with Crippen molar-refractivity contribution in [2.45, 2.75) is 20.8 Å². The Kier molecular flexibility index (Phi) is 6.37. The minimum Gasteiger partial charge on any atom is -0.494 e. The van der Waals surface area contributed by atoms with Crippen molar-refractivity contribution in [2.24, 2.45) is 0 Å². The van der Waals surface area contributed by atoms with Gasteiger partial charge in [0.25, 0.3) is 11.8 Å². The molecule has 1 fully saturated rings. The quantitative estimate of drug-likeness (QED) is 0.280. The summed E-state index contributed by atoms with van der Waals surface area (Å²) in [5.41, 5.74) is 3.76. The number of carbonyl (C=O) groups is 3. The molecular formula is C25H22IN3O4. The molecule has 1 N–H and O–H groups in total. The minimum absolute atomic E-state index is 0.112. The van der Waals surface area contributed by atoms with E-state index in [1.807, 2.05) is 51.1 Å². The Balaban J connectivity index is 1.73. The smallest absolute Gasteiger partial charge is 0.335 e. The Hall–Kier alpha value is -3.40. The highest BCUT2D eigenvalue weighted by molar-refractivity contribution is 14.1. The number of nitrogens with zero attached hydrogens (tertiary/aromatic N) is 2. The molecule has 1 saturated heterocycles. The van der Waals surface area contributed by atoms with Crippen LogP contribution >= 0.6 is 22.6 Å². The molecule has 1 aromatic heterocycles. The zero-order valence-corrected chi connectivity index (χ0v) is 20.5. The Morgan fingerprint density at radius 3 is 2.42 bits per heavy atom. The monoisotopic (exact) mass is 555 g/mol. The van der Waals surface area contributed by atoms with Gasteiger partial charge in [0, 0.05) is 26.7 Å². The normalized spacial score (nSPS) is 15.2. The number of nitrogens with one attached hydrogen (secondary N) is 1. The van der Waals surface area contributed by atoms with Gasteiger partial charge < -0.3 is 9.30 Å². The van der Waals surface area contributed by atoms with Gasteiger partial charge in [-0.1, -0.05) is 6.07 Å². The molecule has 0 spiro atoms. The van der Waals surface area contributed by atoms with E-state index in [1.54, 1.807) is 24.3 Å². The van der Waals surface area contributed by atoms with E-state index in [4.69, 9.17) is 4.74 Å². The van der Waals surface area contributed by atoms with Gasteiger partial charge in [0.2, 0.25) is 0 Å². The molecule has 33 heavy (non-hydrogen) atoms. The van der Waals surface area contributed by atoms with Crippen LogP contribution in [-0.2, 0) is 9.59 Å². The predicted octanol–water partition coefficient (Wildman–Crippen LogP) is 4.76. The number of carbonyl (C=O) groups excluding carboxylic acids is 3. The van der Waals surface area contributed by atoms with E-state index in [2.05, 4.69) is 32.5 Å². The first kappa shape index (κ1) is 22.8. The first-order valence-electron chi connectivity index (χ1n) is 10.4. The molecule has 0 aliphatic carbocycles. The summed E-state index contributed by atoms with van der Waals surface area (Å²) in [7, 11) is 0. The molecule has 2 aromatic carbocycles. The summed E-state index contributed by atoms with van der Waals surface area (Å²) in [6.45, 7) is 6.18. The van der Waals surface area contributed by atoms with Crippen molar-refractivity contribution in [3.63, 3.8) is 0 Å². The number of amides is 4. The molecule has 1 aliphatic heterocycles. The average Bonchev–Trinajstić information content (AvgIpc) is 3.05. The van der Waals surface area contributed by atoms with Crippen LogP contribution in [0.3, 0.4) is 0 Å². The summed E-state index contributed by atoms with van der Waals surface area (Å²) in [5, 5.41) is 2.27. The fraction of sp³-hybridized carbons (Fsp3) is 0.160. The Bertz CT molecular complexity index is 1290. The van der Waals surface area contributed by atoms with Crippen LogP contribution in [0.15, 0.2) is 60.2 Å². The highest BCUT2D eigenvalue weighted by atomic mass is 127. The van der Waals surface area contributed by atoms with Gasteiger partial charge in [-0.2, -0.15) is 0 Å². The van der Waals surface area contributed by atoms with Gasteiger partial charge in [0.15, 0.2) is 0 Å². The van der Waals surface area contributed by atoms with Crippen molar-refractivity contribution < 1.29 is 19.1 Å². The number of aromatic nitrogens is 1. The molecule has 7 nitrogen and oxygen atoms in total. The Morgan fingerprint density at radius 2 is 1.73 bits per heavy atom. The van der Waals surface area contributed by atoms with Crippen LogP contribution in [0.25, 0.3) is 11.8 Å². The number of barbiturate groups is 1. The number of aryl methyl sites for hydroxylation is 1. The lowest BCUT2D eigenvalue weighted by atomic mass is 10.1. The van der Waals surface area contributed by atoms with Crippen LogP contribution < -0.4 is 15.0 Å². The summed E-state index contributed by atoms with van der Waals surface area (Å²) in [4.78, 5) is 39.3. The largest absolute Gasteiger partial charge is 0.494 e. The summed E-state index contributed by atoms with van der Waals surface area (Å²) in [6, 6.07) is 15.8. The van der Waals surface area contributed by atoms with Crippen LogP contribution in [0.5, 0.6) is 5.75 Å². The molecular weight excluding hydrogens is 533 g/mol. The van der Waals surface area contributed by atoms with Crippen LogP contribution in [0.4, 0.5) is 10.5 Å². The minimum atomic E-state index is -0.792. The summed E-state index contributed by atoms with van der Waals surface area (Å²) in [5.74, 6) is -0.878. The van der Waals surface area contributed by atoms with Crippen molar-refractivity contribution >= 4 is 52.2 Å². The number of ether oxygens (including phenoxy) is 1. The second kappa shape index (κ2) is 9.22. The number of halogens is 1. The van der Waals surface area contributed by atoms with E-state index in [-0.39, 0.29) is 5.57 Å². The van der Waals surface area contributed by atoms with Crippen LogP contribution in [0.1, 0.15) is 23.9 Å². The number of hydrogen-bond acceptors (Lipinski definition) is 4. The standard InChI is InChI=1S/C25H22IN3O4/c1-4-33-21-7-5-6-20(14-21)29-24(31)22(23(30)27-25(29)32)13-17-12-15(2)28(16(17)3)19-10-8-18(26)9-11-19/h5-14H,4H2,1-3H3,(H,27,30,32)/b22-13+. The Labute approximate surface area is 205 Å². The highest BCUT2D eigenvalue weighted by Crippen LogP contribution is 2.28. The van der Waals surface area contributed by atoms with Gasteiger partial charge in [0.05, 0.1) is 12.3 Å². The maximum atomic E-state index is 13.3. The second-order valence-corrected chi connectivity index (χ2v) is 8.77. The fourth-order valence-electron chi connectivity index (χ4n) is 3.85. The second-order valence-electron chi connectivity index (χ2n) is 7.53. The van der Waals surface area contributed by atoms with Crippen molar-refractivity contribution in [3.8, 4) is 11.4 Å². The van der Waals surface area contributed by atoms with Gasteiger partial charge >= 0.3 is 6.03 Å². The number of rotatable bonds is 5. The molecule has 2 heterocycles. The molecule has 3 aromatic rings. The number of hydrogen-bond donors (Lipinski definition) is 1. The summed E-state index contributed by atoms with van der Waals surface area (Å²) < 4.78 is 8.66. The van der Waals surface area contributed by atoms with E-state index in [9.17, 15) is 14.4 Å². The number of benzene rings is 2. The average molecular weight is 555 g/mol. The maximum absolute atomic E-state index is 13.3. The molecule has 1 aliphatic rings. The zero-order valence-electron chi connectivity index (χ0n) is 18.4. The fourth-order valence-corrected chi connectivity index (χ4v) is 4.21. The lowest BCUT2D eigenvalue weighted by molar-refractivity contribution is -0.122. The SMILES string of the molecule is CCOc1cccc(N2C(=O)NC(=O)/C(=C\c3cc(C)n(-c4ccc(I)cc4)c3C)C2=O)c1. The van der Waals surface area contributed by atoms with Crippen LogP contribution in [-0.4, -0.2) is 29.0 Å². The van der Waals surface area contributed by atoms with E-state index in [0.29, 0.717) is 18.0 Å². The third kappa shape index (κ3) is 4.43. The van der Waals surface area contributed by atoms with Gasteiger partial charge in [-0.15, -0.1) is 0 Å². The van der Waals surface area contributed by atoms with E-state index < -0.39 is 17.8 Å². The van der Waals surface area contributed by atoms with Gasteiger partial charge in [-0.3, -0.25) is 14.9 Å². The first-order valence-corrected chi connectivity index (χ1v) is 11.5. The van der Waals surface area contributed by atoms with E-state index >= 15 is 0 Å². The molecule has 0 saturated carbocycles. The molecule has 4 rings (SSSR count). The van der Waals surface area contributed by atoms with Gasteiger partial charge in [-0.25, -0.2) is 9.69 Å². The molecule has 4 amide bonds. The van der Waals surface area contributed by atoms with Crippen molar-refractivity contribution in [2.75, 3.05) is 11.5 Å². The van der Waals surface area contributed by atoms with Crippen LogP contribution in [0.2, 0.25) is 0 Å². The van der Waals surface area contributed by atoms with E-state index in [0.717, 1.165) is 31.1 Å². The van der Waals surface area contributed by atoms with Crippen molar-refractivity contribution in [1.29, 1.82) is 0 Å². The van der Waals surface area contributed by atoms with Crippen LogP contribution in [0, 0.1) is 17.4 Å². The number of anilines is 1. The molecule has 0 atom stereocenters. The number of imide groups is 2. The predicted molar refractivity (Wildman–Crippen MR) is 135 cm³/mol. The lowest BCUT2D eigenvalue weighted by Crippen LogP contribution is -2.54. The third-order valence-corrected chi connectivity index (χ3v) is 6.06. The third-order valence-electron chi connectivity index (χ3n) is 5.34. The topological polar surface area (TPSA) is 80.6 Å². The van der Waals surface area contributed by atoms with Gasteiger partial charge in [-0.05, 0) is 97.5 Å². The lowest BCUT2D eigenvalue weighted by Gasteiger charge is -2.26. The van der Waals surface area contributed by atoms with Crippen molar-refractivity contribution in [1.82, 2.24) is 9.88 Å². The van der Waals surface area contributed by atoms with Gasteiger partial charge in [0.1, 0.15) is 11.3 Å². The maximum Gasteiger partial charge on any atom is 0.335 e. The van der Waals surface area contributed by atoms with E-state index in [1.165, 1.54) is 6.08 Å². The first-order chi connectivity index (χ1) is 15.8. The zero-order chi connectivity index (χ0) is 23.7. The summed E-state index contributed by atoms with van der Waals surface area (Å²) in [6.07, 6.45) is 1.54. The Morgan fingerprint density at radius 1 is 1.00 bits per heavy atom. The number of urea groups is 1. The van der Waals surface area contributed by atoms with Crippen molar-refractivity contribution in [3.05, 3.63) is 80.7 Å². The molecule has 0 unspecified atom stereocenters.